The standard InChI is InChI=1S/C19H19BrN4O3S/c1-2-27-14-11-15(28-18(14)24-19(25)26)17-22-10-8-16(23-17)21-9-7-12-3-5-13(20)6-4-12/h3-6,8,10-11,24H,2,7,9H2,1H3,(H,25,26)(H,21,22,23). The van der Waals surface area contributed by atoms with E-state index in [1.807, 2.05) is 19.1 Å². The first kappa shape index (κ1) is 20.1. The van der Waals surface area contributed by atoms with Gasteiger partial charge in [0, 0.05) is 23.3 Å². The highest BCUT2D eigenvalue weighted by Crippen LogP contribution is 2.39. The van der Waals surface area contributed by atoms with E-state index in [4.69, 9.17) is 9.84 Å². The number of benzene rings is 1. The van der Waals surface area contributed by atoms with Crippen LogP contribution in [-0.4, -0.2) is 34.3 Å². The fraction of sp³-hybridized carbons (Fsp3) is 0.211. The van der Waals surface area contributed by atoms with Gasteiger partial charge in [-0.15, -0.1) is 11.3 Å². The topological polar surface area (TPSA) is 96.4 Å². The highest BCUT2D eigenvalue weighted by molar-refractivity contribution is 9.10. The van der Waals surface area contributed by atoms with Gasteiger partial charge in [-0.1, -0.05) is 28.1 Å². The highest BCUT2D eigenvalue weighted by Gasteiger charge is 2.15. The minimum absolute atomic E-state index is 0.418. The molecule has 0 atom stereocenters. The number of aromatic nitrogens is 2. The average molecular weight is 463 g/mol. The minimum atomic E-state index is -1.14. The van der Waals surface area contributed by atoms with E-state index in [0.29, 0.717) is 29.0 Å². The average Bonchev–Trinajstić information content (AvgIpc) is 3.06. The summed E-state index contributed by atoms with van der Waals surface area (Å²) in [5.41, 5.74) is 1.23. The summed E-state index contributed by atoms with van der Waals surface area (Å²) in [7, 11) is 0. The van der Waals surface area contributed by atoms with Gasteiger partial charge in [0.15, 0.2) is 11.6 Å². The summed E-state index contributed by atoms with van der Waals surface area (Å²) in [6.07, 6.45) is 1.40. The van der Waals surface area contributed by atoms with Crippen LogP contribution in [0.15, 0.2) is 47.1 Å². The summed E-state index contributed by atoms with van der Waals surface area (Å²) in [6.45, 7) is 3.01. The molecule has 2 heterocycles. The van der Waals surface area contributed by atoms with Crippen molar-refractivity contribution in [3.8, 4) is 16.5 Å². The summed E-state index contributed by atoms with van der Waals surface area (Å²) in [4.78, 5) is 20.5. The maximum atomic E-state index is 11.0. The zero-order valence-electron chi connectivity index (χ0n) is 15.1. The minimum Gasteiger partial charge on any atom is -0.491 e. The molecule has 1 aromatic carbocycles. The van der Waals surface area contributed by atoms with Crippen molar-refractivity contribution in [2.24, 2.45) is 0 Å². The van der Waals surface area contributed by atoms with Crippen LogP contribution in [0.25, 0.3) is 10.7 Å². The summed E-state index contributed by atoms with van der Waals surface area (Å²) < 4.78 is 6.56. The molecule has 146 valence electrons. The maximum absolute atomic E-state index is 11.0. The summed E-state index contributed by atoms with van der Waals surface area (Å²) in [5, 5.41) is 15.1. The van der Waals surface area contributed by atoms with Crippen molar-refractivity contribution in [2.75, 3.05) is 23.8 Å². The van der Waals surface area contributed by atoms with E-state index in [0.717, 1.165) is 22.3 Å². The summed E-state index contributed by atoms with van der Waals surface area (Å²) >= 11 is 4.67. The van der Waals surface area contributed by atoms with Crippen LogP contribution in [-0.2, 0) is 6.42 Å². The number of carbonyl (C=O) groups is 1. The summed E-state index contributed by atoms with van der Waals surface area (Å²) in [6, 6.07) is 11.8. The Labute approximate surface area is 174 Å². The number of nitrogens with zero attached hydrogens (tertiary/aromatic N) is 2. The number of thiophene rings is 1. The second-order valence-corrected chi connectivity index (χ2v) is 7.70. The Hall–Kier alpha value is -2.65. The predicted molar refractivity (Wildman–Crippen MR) is 114 cm³/mol. The van der Waals surface area contributed by atoms with Gasteiger partial charge in [0.2, 0.25) is 0 Å². The molecule has 1 amide bonds. The molecule has 0 spiro atoms. The number of carboxylic acid groups (broad SMARTS) is 1. The number of halogens is 1. The molecule has 3 N–H and O–H groups in total. The lowest BCUT2D eigenvalue weighted by atomic mass is 10.1. The van der Waals surface area contributed by atoms with Gasteiger partial charge in [0.05, 0.1) is 11.5 Å². The molecule has 2 aromatic heterocycles. The van der Waals surface area contributed by atoms with Gasteiger partial charge < -0.3 is 15.2 Å². The van der Waals surface area contributed by atoms with Crippen molar-refractivity contribution < 1.29 is 14.6 Å². The quantitative estimate of drug-likeness (QED) is 0.430. The molecule has 0 aliphatic rings. The van der Waals surface area contributed by atoms with Crippen LogP contribution in [0.1, 0.15) is 12.5 Å². The van der Waals surface area contributed by atoms with Crippen LogP contribution >= 0.6 is 27.3 Å². The van der Waals surface area contributed by atoms with Crippen LogP contribution in [0, 0.1) is 0 Å². The molecule has 0 saturated carbocycles. The number of nitrogens with one attached hydrogen (secondary N) is 2. The van der Waals surface area contributed by atoms with Crippen LogP contribution in [0.4, 0.5) is 15.6 Å². The molecule has 0 saturated heterocycles. The van der Waals surface area contributed by atoms with E-state index >= 15 is 0 Å². The number of amides is 1. The molecule has 0 unspecified atom stereocenters. The second kappa shape index (κ2) is 9.52. The number of hydrogen-bond acceptors (Lipinski definition) is 6. The largest absolute Gasteiger partial charge is 0.491 e. The third-order valence-corrected chi connectivity index (χ3v) is 5.28. The van der Waals surface area contributed by atoms with Crippen molar-refractivity contribution in [3.63, 3.8) is 0 Å². The van der Waals surface area contributed by atoms with Gasteiger partial charge in [0.1, 0.15) is 10.8 Å². The van der Waals surface area contributed by atoms with Gasteiger partial charge >= 0.3 is 6.09 Å². The van der Waals surface area contributed by atoms with Gasteiger partial charge in [-0.05, 0) is 37.1 Å². The molecule has 3 aromatic rings. The SMILES string of the molecule is CCOc1cc(-c2nccc(NCCc3ccc(Br)cc3)n2)sc1NC(=O)O. The number of ether oxygens (including phenoxy) is 1. The van der Waals surface area contributed by atoms with Crippen LogP contribution in [0.5, 0.6) is 5.75 Å². The zero-order valence-corrected chi connectivity index (χ0v) is 17.5. The van der Waals surface area contributed by atoms with Gasteiger partial charge in [-0.2, -0.15) is 0 Å². The first-order valence-corrected chi connectivity index (χ1v) is 10.2. The van der Waals surface area contributed by atoms with E-state index in [9.17, 15) is 4.79 Å². The Morgan fingerprint density at radius 1 is 1.29 bits per heavy atom. The molecule has 0 radical (unpaired) electrons. The number of hydrogen-bond donors (Lipinski definition) is 3. The van der Waals surface area contributed by atoms with Gasteiger partial charge in [-0.3, -0.25) is 5.32 Å². The Bertz CT molecular complexity index is 947. The predicted octanol–water partition coefficient (Wildman–Crippen LogP) is 5.11. The van der Waals surface area contributed by atoms with Gasteiger partial charge in [-0.25, -0.2) is 14.8 Å². The Morgan fingerprint density at radius 2 is 2.07 bits per heavy atom. The van der Waals surface area contributed by atoms with Crippen LogP contribution in [0.3, 0.4) is 0 Å². The second-order valence-electron chi connectivity index (χ2n) is 5.74. The molecule has 0 bridgehead atoms. The van der Waals surface area contributed by atoms with Crippen molar-refractivity contribution in [1.82, 2.24) is 9.97 Å². The molecule has 0 aliphatic heterocycles. The normalized spacial score (nSPS) is 10.5. The van der Waals surface area contributed by atoms with E-state index in [1.165, 1.54) is 16.9 Å². The van der Waals surface area contributed by atoms with Crippen LogP contribution in [0.2, 0.25) is 0 Å². The fourth-order valence-electron chi connectivity index (χ4n) is 2.49. The van der Waals surface area contributed by atoms with Crippen LogP contribution < -0.4 is 15.4 Å². The monoisotopic (exact) mass is 462 g/mol. The Morgan fingerprint density at radius 3 is 2.79 bits per heavy atom. The highest BCUT2D eigenvalue weighted by atomic mass is 79.9. The number of anilines is 2. The molecular formula is C19H19BrN4O3S. The first-order chi connectivity index (χ1) is 13.5. The van der Waals surface area contributed by atoms with E-state index in [1.54, 1.807) is 18.3 Å². The van der Waals surface area contributed by atoms with Crippen molar-refractivity contribution in [2.45, 2.75) is 13.3 Å². The fourth-order valence-corrected chi connectivity index (χ4v) is 3.69. The third kappa shape index (κ3) is 5.43. The van der Waals surface area contributed by atoms with Gasteiger partial charge in [0.25, 0.3) is 0 Å². The smallest absolute Gasteiger partial charge is 0.409 e. The van der Waals surface area contributed by atoms with E-state index < -0.39 is 6.09 Å². The van der Waals surface area contributed by atoms with Crippen molar-refractivity contribution in [1.29, 1.82) is 0 Å². The lowest BCUT2D eigenvalue weighted by Gasteiger charge is -2.06. The van der Waals surface area contributed by atoms with Crippen molar-refractivity contribution >= 4 is 44.2 Å². The lowest BCUT2D eigenvalue weighted by Crippen LogP contribution is -2.07. The Kier molecular flexibility index (Phi) is 6.83. The Balaban J connectivity index is 1.70. The molecule has 9 heteroatoms. The molecular weight excluding hydrogens is 444 g/mol. The van der Waals surface area contributed by atoms with E-state index in [-0.39, 0.29) is 0 Å². The lowest BCUT2D eigenvalue weighted by molar-refractivity contribution is 0.209. The first-order valence-electron chi connectivity index (χ1n) is 8.63. The number of rotatable bonds is 8. The molecule has 0 fully saturated rings. The van der Waals surface area contributed by atoms with E-state index in [2.05, 4.69) is 48.7 Å². The zero-order chi connectivity index (χ0) is 19.9. The maximum Gasteiger partial charge on any atom is 0.409 e. The molecule has 7 nitrogen and oxygen atoms in total. The molecule has 3 rings (SSSR count). The van der Waals surface area contributed by atoms with Crippen molar-refractivity contribution in [3.05, 3.63) is 52.6 Å². The summed E-state index contributed by atoms with van der Waals surface area (Å²) in [5.74, 6) is 1.70. The third-order valence-electron chi connectivity index (χ3n) is 3.73. The molecule has 0 aliphatic carbocycles. The molecule has 28 heavy (non-hydrogen) atoms.